The molecule has 7 heteroatoms. The molecule has 0 aromatic heterocycles. The summed E-state index contributed by atoms with van der Waals surface area (Å²) in [5.74, 6) is 0.492. The molecule has 0 spiro atoms. The second-order valence-corrected chi connectivity index (χ2v) is 5.19. The van der Waals surface area contributed by atoms with Crippen LogP contribution in [0, 0.1) is 5.41 Å². The third-order valence-electron chi connectivity index (χ3n) is 3.78. The lowest BCUT2D eigenvalue weighted by Gasteiger charge is -2.40. The molecule has 0 atom stereocenters. The smallest absolute Gasteiger partial charge is 0.357 e. The minimum atomic E-state index is -4.12. The summed E-state index contributed by atoms with van der Waals surface area (Å²) in [6, 6.07) is 0. The number of nitrogens with one attached hydrogen (secondary N) is 2. The molecule has 0 saturated heterocycles. The van der Waals surface area contributed by atoms with Crippen molar-refractivity contribution in [2.75, 3.05) is 19.6 Å². The van der Waals surface area contributed by atoms with E-state index in [-0.39, 0.29) is 35.9 Å². The standard InChI is InChI=1S/C13H24F3N3.HI/c1-3-12(6-5-7-12)10-19-11(17-4-2)18-9-8-13(14,15)16;/h3-10H2,1-2H3,(H2,17,18,19);1H. The number of guanidine groups is 1. The average molecular weight is 407 g/mol. The molecule has 0 bridgehead atoms. The van der Waals surface area contributed by atoms with E-state index in [0.29, 0.717) is 19.0 Å². The summed E-state index contributed by atoms with van der Waals surface area (Å²) in [6.07, 6.45) is -0.289. The maximum absolute atomic E-state index is 12.1. The molecule has 1 aliphatic rings. The topological polar surface area (TPSA) is 36.4 Å². The molecule has 0 aliphatic heterocycles. The Kier molecular flexibility index (Phi) is 8.85. The molecule has 0 unspecified atom stereocenters. The third-order valence-corrected chi connectivity index (χ3v) is 3.78. The Balaban J connectivity index is 0.00000361. The molecular weight excluding hydrogens is 382 g/mol. The van der Waals surface area contributed by atoms with Gasteiger partial charge in [-0.2, -0.15) is 13.2 Å². The quantitative estimate of drug-likeness (QED) is 0.400. The molecule has 120 valence electrons. The number of rotatable bonds is 6. The molecule has 0 aromatic rings. The van der Waals surface area contributed by atoms with Gasteiger partial charge in [-0.15, -0.1) is 24.0 Å². The summed E-state index contributed by atoms with van der Waals surface area (Å²) in [4.78, 5) is 4.43. The molecule has 1 aliphatic carbocycles. The van der Waals surface area contributed by atoms with Crippen LogP contribution in [-0.4, -0.2) is 31.8 Å². The van der Waals surface area contributed by atoms with Crippen LogP contribution in [0.2, 0.25) is 0 Å². The Hall–Kier alpha value is -0.210. The summed E-state index contributed by atoms with van der Waals surface area (Å²) in [5.41, 5.74) is 0.284. The van der Waals surface area contributed by atoms with Gasteiger partial charge in [0.1, 0.15) is 0 Å². The number of hydrogen-bond donors (Lipinski definition) is 2. The third kappa shape index (κ3) is 6.99. The van der Waals surface area contributed by atoms with Gasteiger partial charge in [0.05, 0.1) is 6.42 Å². The number of halogens is 4. The summed E-state index contributed by atoms with van der Waals surface area (Å²) in [6.45, 7) is 5.27. The first-order valence-corrected chi connectivity index (χ1v) is 7.00. The Morgan fingerprint density at radius 1 is 1.20 bits per heavy atom. The lowest BCUT2D eigenvalue weighted by molar-refractivity contribution is -0.132. The van der Waals surface area contributed by atoms with E-state index in [4.69, 9.17) is 0 Å². The van der Waals surface area contributed by atoms with Crippen LogP contribution >= 0.6 is 24.0 Å². The van der Waals surface area contributed by atoms with Gasteiger partial charge >= 0.3 is 6.18 Å². The zero-order valence-corrected chi connectivity index (χ0v) is 14.5. The molecule has 0 aromatic carbocycles. The molecule has 20 heavy (non-hydrogen) atoms. The monoisotopic (exact) mass is 407 g/mol. The van der Waals surface area contributed by atoms with Gasteiger partial charge in [0, 0.05) is 19.6 Å². The zero-order chi connectivity index (χ0) is 14.4. The van der Waals surface area contributed by atoms with E-state index in [1.54, 1.807) is 0 Å². The number of hydrogen-bond acceptors (Lipinski definition) is 1. The highest BCUT2D eigenvalue weighted by molar-refractivity contribution is 14.0. The largest absolute Gasteiger partial charge is 0.390 e. The van der Waals surface area contributed by atoms with Gasteiger partial charge in [-0.25, -0.2) is 0 Å². The van der Waals surface area contributed by atoms with Crippen molar-refractivity contribution in [1.82, 2.24) is 10.6 Å². The zero-order valence-electron chi connectivity index (χ0n) is 12.1. The summed E-state index contributed by atoms with van der Waals surface area (Å²) < 4.78 is 36.3. The fourth-order valence-corrected chi connectivity index (χ4v) is 2.21. The SMILES string of the molecule is CCNC(=NCC1(CC)CCC1)NCCC(F)(F)F.I. The van der Waals surface area contributed by atoms with Crippen molar-refractivity contribution in [1.29, 1.82) is 0 Å². The Morgan fingerprint density at radius 3 is 2.25 bits per heavy atom. The van der Waals surface area contributed by atoms with Crippen LogP contribution in [0.25, 0.3) is 0 Å². The van der Waals surface area contributed by atoms with E-state index in [2.05, 4.69) is 22.5 Å². The van der Waals surface area contributed by atoms with Gasteiger partial charge in [-0.1, -0.05) is 13.3 Å². The molecule has 1 fully saturated rings. The second kappa shape index (κ2) is 8.94. The molecule has 0 amide bonds. The van der Waals surface area contributed by atoms with Crippen molar-refractivity contribution in [2.24, 2.45) is 10.4 Å². The minimum Gasteiger partial charge on any atom is -0.357 e. The fraction of sp³-hybridized carbons (Fsp3) is 0.923. The lowest BCUT2D eigenvalue weighted by atomic mass is 9.67. The van der Waals surface area contributed by atoms with E-state index < -0.39 is 12.6 Å². The van der Waals surface area contributed by atoms with Crippen molar-refractivity contribution in [3.63, 3.8) is 0 Å². The Bertz CT molecular complexity index is 296. The van der Waals surface area contributed by atoms with Crippen LogP contribution < -0.4 is 10.6 Å². The van der Waals surface area contributed by atoms with Gasteiger partial charge < -0.3 is 10.6 Å². The van der Waals surface area contributed by atoms with Crippen LogP contribution in [-0.2, 0) is 0 Å². The average Bonchev–Trinajstić information content (AvgIpc) is 2.26. The maximum Gasteiger partial charge on any atom is 0.390 e. The summed E-state index contributed by atoms with van der Waals surface area (Å²) in [7, 11) is 0. The fourth-order valence-electron chi connectivity index (χ4n) is 2.21. The molecule has 1 rings (SSSR count). The van der Waals surface area contributed by atoms with E-state index in [1.165, 1.54) is 19.3 Å². The highest BCUT2D eigenvalue weighted by Crippen LogP contribution is 2.43. The summed E-state index contributed by atoms with van der Waals surface area (Å²) >= 11 is 0. The first kappa shape index (κ1) is 19.8. The number of nitrogens with zero attached hydrogens (tertiary/aromatic N) is 1. The van der Waals surface area contributed by atoms with Crippen molar-refractivity contribution in [2.45, 2.75) is 52.1 Å². The Morgan fingerprint density at radius 2 is 1.85 bits per heavy atom. The van der Waals surface area contributed by atoms with Crippen molar-refractivity contribution in [3.05, 3.63) is 0 Å². The van der Waals surface area contributed by atoms with E-state index >= 15 is 0 Å². The first-order chi connectivity index (χ1) is 8.91. The lowest BCUT2D eigenvalue weighted by Crippen LogP contribution is -2.40. The van der Waals surface area contributed by atoms with Gasteiger partial charge in [0.15, 0.2) is 5.96 Å². The summed E-state index contributed by atoms with van der Waals surface area (Å²) in [5, 5.41) is 5.73. The number of alkyl halides is 3. The minimum absolute atomic E-state index is 0. The van der Waals surface area contributed by atoms with Gasteiger partial charge in [-0.05, 0) is 31.6 Å². The number of aliphatic imine (C=N–C) groups is 1. The van der Waals surface area contributed by atoms with Crippen molar-refractivity contribution < 1.29 is 13.2 Å². The highest BCUT2D eigenvalue weighted by atomic mass is 127. The van der Waals surface area contributed by atoms with Gasteiger partial charge in [-0.3, -0.25) is 4.99 Å². The van der Waals surface area contributed by atoms with Crippen molar-refractivity contribution in [3.8, 4) is 0 Å². The van der Waals surface area contributed by atoms with Crippen LogP contribution in [0.15, 0.2) is 4.99 Å². The molecule has 3 nitrogen and oxygen atoms in total. The Labute approximate surface area is 136 Å². The van der Waals surface area contributed by atoms with Crippen LogP contribution in [0.4, 0.5) is 13.2 Å². The van der Waals surface area contributed by atoms with Crippen molar-refractivity contribution >= 4 is 29.9 Å². The van der Waals surface area contributed by atoms with Crippen LogP contribution in [0.3, 0.4) is 0 Å². The first-order valence-electron chi connectivity index (χ1n) is 7.00. The highest BCUT2D eigenvalue weighted by Gasteiger charge is 2.34. The van der Waals surface area contributed by atoms with E-state index in [9.17, 15) is 13.2 Å². The maximum atomic E-state index is 12.1. The molecule has 1 saturated carbocycles. The van der Waals surface area contributed by atoms with E-state index in [0.717, 1.165) is 6.42 Å². The van der Waals surface area contributed by atoms with Gasteiger partial charge in [0.2, 0.25) is 0 Å². The second-order valence-electron chi connectivity index (χ2n) is 5.19. The van der Waals surface area contributed by atoms with Crippen LogP contribution in [0.5, 0.6) is 0 Å². The molecule has 0 heterocycles. The van der Waals surface area contributed by atoms with Gasteiger partial charge in [0.25, 0.3) is 0 Å². The molecular formula is C13H25F3IN3. The normalized spacial score (nSPS) is 17.9. The van der Waals surface area contributed by atoms with E-state index in [1.807, 2.05) is 6.92 Å². The molecule has 2 N–H and O–H groups in total. The predicted molar refractivity (Wildman–Crippen MR) is 86.6 cm³/mol. The van der Waals surface area contributed by atoms with Crippen LogP contribution in [0.1, 0.15) is 46.0 Å². The molecule has 0 radical (unpaired) electrons. The predicted octanol–water partition coefficient (Wildman–Crippen LogP) is 3.69.